The van der Waals surface area contributed by atoms with Crippen LogP contribution in [-0.2, 0) is 11.3 Å². The summed E-state index contributed by atoms with van der Waals surface area (Å²) in [6, 6.07) is 15.0. The van der Waals surface area contributed by atoms with Gasteiger partial charge in [-0.1, -0.05) is 29.8 Å². The lowest BCUT2D eigenvalue weighted by molar-refractivity contribution is -0.199. The van der Waals surface area contributed by atoms with E-state index >= 15 is 0 Å². The third kappa shape index (κ3) is 5.78. The van der Waals surface area contributed by atoms with Gasteiger partial charge in [0.15, 0.2) is 0 Å². The van der Waals surface area contributed by atoms with Gasteiger partial charge in [-0.25, -0.2) is 9.78 Å². The van der Waals surface area contributed by atoms with Crippen LogP contribution < -0.4 is 21.1 Å². The minimum absolute atomic E-state index is 0.0255. The highest BCUT2D eigenvalue weighted by molar-refractivity contribution is 7.71. The van der Waals surface area contributed by atoms with Crippen LogP contribution in [0.15, 0.2) is 71.7 Å². The fraction of sp³-hybridized carbons (Fsp3) is 0.0870. The number of fused-ring (bicyclic) bond motifs is 1. The summed E-state index contributed by atoms with van der Waals surface area (Å²) in [5, 5.41) is 2.97. The normalized spacial score (nSPS) is 11.2. The Kier molecular flexibility index (Phi) is 7.27. The molecule has 0 saturated heterocycles. The van der Waals surface area contributed by atoms with Crippen LogP contribution in [0, 0.1) is 4.77 Å². The summed E-state index contributed by atoms with van der Waals surface area (Å²) in [5.74, 6) is -3.04. The van der Waals surface area contributed by atoms with Crippen molar-refractivity contribution in [1.29, 1.82) is 0 Å². The molecule has 2 aromatic heterocycles. The van der Waals surface area contributed by atoms with E-state index in [9.17, 15) is 27.6 Å². The Hall–Kier alpha value is -4.23. The number of anilines is 1. The van der Waals surface area contributed by atoms with Crippen LogP contribution in [0.4, 0.5) is 19.0 Å². The van der Waals surface area contributed by atoms with E-state index in [1.807, 2.05) is 0 Å². The van der Waals surface area contributed by atoms with Gasteiger partial charge in [-0.3, -0.25) is 15.0 Å². The van der Waals surface area contributed by atoms with Crippen molar-refractivity contribution in [2.45, 2.75) is 12.7 Å². The molecule has 4 aromatic rings. The van der Waals surface area contributed by atoms with Crippen LogP contribution >= 0.6 is 23.8 Å². The molecule has 0 aliphatic carbocycles. The van der Waals surface area contributed by atoms with E-state index in [2.05, 4.69) is 20.6 Å². The van der Waals surface area contributed by atoms with Gasteiger partial charge in [-0.2, -0.15) is 17.8 Å². The Bertz CT molecular complexity index is 1610. The summed E-state index contributed by atoms with van der Waals surface area (Å²) in [6.45, 7) is 0.124. The van der Waals surface area contributed by atoms with Crippen molar-refractivity contribution in [3.63, 3.8) is 0 Å². The number of nitrogens with one attached hydrogen (secondary N) is 2. The fourth-order valence-corrected chi connectivity index (χ4v) is 3.56. The van der Waals surface area contributed by atoms with Crippen molar-refractivity contribution in [3.05, 3.63) is 98.1 Å². The van der Waals surface area contributed by atoms with Gasteiger partial charge in [-0.15, -0.1) is 4.73 Å². The second kappa shape index (κ2) is 10.4. The maximum atomic E-state index is 13.1. The summed E-state index contributed by atoms with van der Waals surface area (Å²) < 4.78 is 39.4. The zero-order valence-corrected chi connectivity index (χ0v) is 20.0. The van der Waals surface area contributed by atoms with Gasteiger partial charge in [0.1, 0.15) is 5.82 Å². The zero-order chi connectivity index (χ0) is 26.7. The average molecular weight is 550 g/mol. The molecule has 4 rings (SSSR count). The number of pyridine rings is 1. The van der Waals surface area contributed by atoms with Gasteiger partial charge < -0.3 is 10.2 Å². The van der Waals surface area contributed by atoms with Crippen LogP contribution in [0.2, 0.25) is 5.02 Å². The largest absolute Gasteiger partial charge is 0.493 e. The van der Waals surface area contributed by atoms with E-state index in [0.29, 0.717) is 14.4 Å². The van der Waals surface area contributed by atoms with Crippen LogP contribution in [0.5, 0.6) is 0 Å². The SMILES string of the molecule is O=C(NCc1ccc(Cl)cc1)c1ccc2c(=O)n(Nc3ccccn3)c(=S)n(OC(=O)C(F)(F)F)c2c1. The number of aromatic nitrogens is 3. The number of carbonyl (C=O) groups is 2. The van der Waals surface area contributed by atoms with Crippen molar-refractivity contribution in [2.75, 3.05) is 5.43 Å². The van der Waals surface area contributed by atoms with E-state index in [-0.39, 0.29) is 28.8 Å². The monoisotopic (exact) mass is 549 g/mol. The molecule has 0 aliphatic heterocycles. The van der Waals surface area contributed by atoms with E-state index in [0.717, 1.165) is 11.6 Å². The molecule has 37 heavy (non-hydrogen) atoms. The lowest BCUT2D eigenvalue weighted by atomic mass is 10.1. The maximum absolute atomic E-state index is 13.1. The highest BCUT2D eigenvalue weighted by Gasteiger charge is 2.42. The lowest BCUT2D eigenvalue weighted by Crippen LogP contribution is -2.38. The van der Waals surface area contributed by atoms with Gasteiger partial charge in [-0.05, 0) is 60.2 Å². The number of hydrogen-bond acceptors (Lipinski definition) is 7. The van der Waals surface area contributed by atoms with Crippen molar-refractivity contribution in [2.24, 2.45) is 0 Å². The molecule has 0 bridgehead atoms. The Labute approximate surface area is 216 Å². The lowest BCUT2D eigenvalue weighted by Gasteiger charge is -2.17. The fourth-order valence-electron chi connectivity index (χ4n) is 3.17. The molecule has 2 heterocycles. The molecule has 0 fully saturated rings. The second-order valence-corrected chi connectivity index (χ2v) is 8.26. The molecule has 0 atom stereocenters. The molecule has 14 heteroatoms. The first-order valence-corrected chi connectivity index (χ1v) is 11.2. The van der Waals surface area contributed by atoms with E-state index in [1.165, 1.54) is 24.4 Å². The number of benzene rings is 2. The summed E-state index contributed by atoms with van der Waals surface area (Å²) >= 11 is 11.0. The molecular formula is C23H15ClF3N5O4S. The topological polar surface area (TPSA) is 107 Å². The molecule has 0 saturated carbocycles. The minimum atomic E-state index is -5.36. The Morgan fingerprint density at radius 3 is 2.46 bits per heavy atom. The number of hydrogen-bond donors (Lipinski definition) is 2. The van der Waals surface area contributed by atoms with Crippen molar-refractivity contribution in [1.82, 2.24) is 19.7 Å². The van der Waals surface area contributed by atoms with Crippen LogP contribution in [0.3, 0.4) is 0 Å². The number of carbonyl (C=O) groups excluding carboxylic acids is 2. The number of alkyl halides is 3. The number of nitrogens with zero attached hydrogens (tertiary/aromatic N) is 3. The smallest absolute Gasteiger partial charge is 0.348 e. The Balaban J connectivity index is 1.77. The van der Waals surface area contributed by atoms with Crippen LogP contribution in [0.25, 0.3) is 10.9 Å². The predicted octanol–water partition coefficient (Wildman–Crippen LogP) is 3.90. The van der Waals surface area contributed by atoms with Crippen molar-refractivity contribution >= 4 is 52.4 Å². The van der Waals surface area contributed by atoms with Gasteiger partial charge in [0.2, 0.25) is 4.77 Å². The molecular weight excluding hydrogens is 535 g/mol. The molecule has 0 unspecified atom stereocenters. The molecule has 0 aliphatic rings. The second-order valence-electron chi connectivity index (χ2n) is 7.46. The maximum Gasteiger partial charge on any atom is 0.493 e. The van der Waals surface area contributed by atoms with Crippen molar-refractivity contribution < 1.29 is 27.6 Å². The third-order valence-electron chi connectivity index (χ3n) is 4.94. The van der Waals surface area contributed by atoms with Gasteiger partial charge >= 0.3 is 12.1 Å². The van der Waals surface area contributed by atoms with Crippen molar-refractivity contribution in [3.8, 4) is 0 Å². The van der Waals surface area contributed by atoms with E-state index in [1.54, 1.807) is 36.4 Å². The standard InChI is InChI=1S/C23H15ClF3N5O4S/c24-15-7-4-13(5-8-15)12-29-19(33)14-6-9-16-17(11-14)32(36-21(35)23(25,26)27)22(37)31(20(16)34)30-18-3-1-2-10-28-18/h1-11H,12H2,(H,28,30)(H,29,33). The first-order valence-electron chi connectivity index (χ1n) is 10.4. The third-order valence-corrected chi connectivity index (χ3v) is 5.54. The quantitative estimate of drug-likeness (QED) is 0.351. The Morgan fingerprint density at radius 1 is 1.08 bits per heavy atom. The summed E-state index contributed by atoms with van der Waals surface area (Å²) in [5.41, 5.74) is 2.18. The van der Waals surface area contributed by atoms with Crippen LogP contribution in [0.1, 0.15) is 15.9 Å². The highest BCUT2D eigenvalue weighted by atomic mass is 35.5. The zero-order valence-electron chi connectivity index (χ0n) is 18.5. The van der Waals surface area contributed by atoms with Crippen LogP contribution in [-0.4, -0.2) is 32.4 Å². The van der Waals surface area contributed by atoms with Gasteiger partial charge in [0.25, 0.3) is 11.5 Å². The van der Waals surface area contributed by atoms with E-state index in [4.69, 9.17) is 23.8 Å². The summed E-state index contributed by atoms with van der Waals surface area (Å²) in [6.07, 6.45) is -3.95. The van der Waals surface area contributed by atoms with Gasteiger partial charge in [0, 0.05) is 23.3 Å². The minimum Gasteiger partial charge on any atom is -0.348 e. The van der Waals surface area contributed by atoms with E-state index < -0.39 is 28.4 Å². The summed E-state index contributed by atoms with van der Waals surface area (Å²) in [4.78, 5) is 46.0. The molecule has 190 valence electrons. The number of halogens is 4. The summed E-state index contributed by atoms with van der Waals surface area (Å²) in [7, 11) is 0. The molecule has 2 aromatic carbocycles. The molecule has 0 radical (unpaired) electrons. The molecule has 0 spiro atoms. The first-order chi connectivity index (χ1) is 17.5. The first kappa shape index (κ1) is 25.9. The number of rotatable bonds is 6. The Morgan fingerprint density at radius 2 is 1.81 bits per heavy atom. The predicted molar refractivity (Wildman–Crippen MR) is 131 cm³/mol. The molecule has 9 nitrogen and oxygen atoms in total. The number of amides is 1. The van der Waals surface area contributed by atoms with Gasteiger partial charge in [0.05, 0.1) is 10.9 Å². The highest BCUT2D eigenvalue weighted by Crippen LogP contribution is 2.19. The molecule has 1 amide bonds. The average Bonchev–Trinajstić information content (AvgIpc) is 2.88. The molecule has 2 N–H and O–H groups in total.